The highest BCUT2D eigenvalue weighted by molar-refractivity contribution is 6.06. The van der Waals surface area contributed by atoms with Crippen molar-refractivity contribution in [2.75, 3.05) is 0 Å². The predicted octanol–water partition coefficient (Wildman–Crippen LogP) is 3.34. The first-order valence-corrected chi connectivity index (χ1v) is 12.2. The highest BCUT2D eigenvalue weighted by Crippen LogP contribution is 2.42. The third-order valence-electron chi connectivity index (χ3n) is 8.35. The summed E-state index contributed by atoms with van der Waals surface area (Å²) in [6, 6.07) is 0. The number of hydrogen-bond acceptors (Lipinski definition) is 6. The Kier molecular flexibility index (Phi) is 7.52. The van der Waals surface area contributed by atoms with E-state index in [1.165, 1.54) is 0 Å². The molecule has 0 aromatic rings. The van der Waals surface area contributed by atoms with E-state index in [1.807, 2.05) is 0 Å². The van der Waals surface area contributed by atoms with Crippen LogP contribution in [-0.2, 0) is 19.2 Å². The van der Waals surface area contributed by atoms with E-state index >= 15 is 0 Å². The predicted molar refractivity (Wildman–Crippen MR) is 115 cm³/mol. The summed E-state index contributed by atoms with van der Waals surface area (Å²) in [5.74, 6) is -1.54. The van der Waals surface area contributed by atoms with Crippen LogP contribution in [0.15, 0.2) is 0 Å². The van der Waals surface area contributed by atoms with E-state index in [1.54, 1.807) is 13.8 Å². The second kappa shape index (κ2) is 9.62. The highest BCUT2D eigenvalue weighted by atomic mass is 16.3. The first-order valence-electron chi connectivity index (χ1n) is 12.2. The van der Waals surface area contributed by atoms with Gasteiger partial charge in [-0.1, -0.05) is 32.1 Å². The number of rotatable bonds is 2. The Bertz CT molecular complexity index is 714. The SMILES string of the molecule is CC1C(=O)CCC(C2(O)CCCC2)C1=O.CC1C(=O)CCC(C2(O)CCCCC2)C1=O. The quantitative estimate of drug-likeness (QED) is 0.645. The Balaban J connectivity index is 0.000000176. The Morgan fingerprint density at radius 2 is 0.935 bits per heavy atom. The van der Waals surface area contributed by atoms with E-state index in [4.69, 9.17) is 0 Å². The molecule has 0 aromatic carbocycles. The van der Waals surface area contributed by atoms with Crippen molar-refractivity contribution in [1.29, 1.82) is 0 Å². The molecule has 0 aromatic heterocycles. The summed E-state index contributed by atoms with van der Waals surface area (Å²) < 4.78 is 0. The molecule has 0 amide bonds. The fourth-order valence-electron chi connectivity index (χ4n) is 6.13. The van der Waals surface area contributed by atoms with Crippen molar-refractivity contribution in [1.82, 2.24) is 0 Å². The Morgan fingerprint density at radius 1 is 0.613 bits per heavy atom. The molecule has 0 aliphatic heterocycles. The van der Waals surface area contributed by atoms with Gasteiger partial charge in [-0.25, -0.2) is 0 Å². The van der Waals surface area contributed by atoms with E-state index in [9.17, 15) is 29.4 Å². The molecular formula is C25H38O6. The second-order valence-electron chi connectivity index (χ2n) is 10.3. The maximum absolute atomic E-state index is 12.1. The van der Waals surface area contributed by atoms with Crippen molar-refractivity contribution in [2.45, 2.75) is 109 Å². The van der Waals surface area contributed by atoms with Crippen LogP contribution in [0.5, 0.6) is 0 Å². The van der Waals surface area contributed by atoms with E-state index in [0.29, 0.717) is 25.7 Å². The van der Waals surface area contributed by atoms with Crippen LogP contribution in [-0.4, -0.2) is 44.5 Å². The maximum atomic E-state index is 12.1. The van der Waals surface area contributed by atoms with Gasteiger partial charge in [0.1, 0.15) is 23.1 Å². The fraction of sp³-hybridized carbons (Fsp3) is 0.840. The van der Waals surface area contributed by atoms with Crippen LogP contribution >= 0.6 is 0 Å². The third kappa shape index (κ3) is 5.00. The Hall–Kier alpha value is -1.40. The van der Waals surface area contributed by atoms with Crippen molar-refractivity contribution in [2.24, 2.45) is 23.7 Å². The first-order chi connectivity index (χ1) is 14.6. The average molecular weight is 435 g/mol. The Labute approximate surface area is 185 Å². The molecule has 6 heteroatoms. The third-order valence-corrected chi connectivity index (χ3v) is 8.35. The van der Waals surface area contributed by atoms with Gasteiger partial charge >= 0.3 is 0 Å². The lowest BCUT2D eigenvalue weighted by Crippen LogP contribution is -2.49. The summed E-state index contributed by atoms with van der Waals surface area (Å²) in [6.45, 7) is 3.36. The van der Waals surface area contributed by atoms with Crippen LogP contribution in [0.2, 0.25) is 0 Å². The molecule has 4 fully saturated rings. The summed E-state index contributed by atoms with van der Waals surface area (Å²) in [5.41, 5.74) is -1.61. The van der Waals surface area contributed by atoms with Crippen LogP contribution < -0.4 is 0 Å². The molecule has 174 valence electrons. The molecule has 4 aliphatic rings. The molecule has 4 saturated carbocycles. The minimum Gasteiger partial charge on any atom is -0.389 e. The number of hydrogen-bond donors (Lipinski definition) is 2. The molecule has 4 aliphatic carbocycles. The second-order valence-corrected chi connectivity index (χ2v) is 10.3. The van der Waals surface area contributed by atoms with Crippen molar-refractivity contribution < 1.29 is 29.4 Å². The molecule has 0 spiro atoms. The average Bonchev–Trinajstić information content (AvgIpc) is 3.18. The monoisotopic (exact) mass is 434 g/mol. The lowest BCUT2D eigenvalue weighted by molar-refractivity contribution is -0.149. The summed E-state index contributed by atoms with van der Waals surface area (Å²) >= 11 is 0. The van der Waals surface area contributed by atoms with Crippen molar-refractivity contribution in [3.8, 4) is 0 Å². The topological polar surface area (TPSA) is 109 Å². The summed E-state index contributed by atoms with van der Waals surface area (Å²) in [7, 11) is 0. The maximum Gasteiger partial charge on any atom is 0.148 e. The number of aliphatic hydroxyl groups is 2. The van der Waals surface area contributed by atoms with Gasteiger partial charge in [0.05, 0.1) is 23.0 Å². The van der Waals surface area contributed by atoms with Crippen molar-refractivity contribution >= 4 is 23.1 Å². The molecule has 4 unspecified atom stereocenters. The van der Waals surface area contributed by atoms with E-state index in [0.717, 1.165) is 57.8 Å². The van der Waals surface area contributed by atoms with Gasteiger partial charge in [0.15, 0.2) is 0 Å². The smallest absolute Gasteiger partial charge is 0.148 e. The summed E-state index contributed by atoms with van der Waals surface area (Å²) in [6.07, 6.45) is 10.1. The van der Waals surface area contributed by atoms with Crippen LogP contribution in [0, 0.1) is 23.7 Å². The standard InChI is InChI=1S/C13H20O3.C12H18O3/c1-9-11(14)6-5-10(12(9)15)13(16)7-3-2-4-8-13;1-8-10(13)5-4-9(11(8)14)12(15)6-2-3-7-12/h9-10,16H,2-8H2,1H3;8-9,15H,2-7H2,1H3. The zero-order chi connectivity index (χ0) is 22.8. The van der Waals surface area contributed by atoms with E-state index in [2.05, 4.69) is 0 Å². The van der Waals surface area contributed by atoms with Crippen LogP contribution in [0.4, 0.5) is 0 Å². The molecule has 2 N–H and O–H groups in total. The number of ketones is 4. The van der Waals surface area contributed by atoms with E-state index in [-0.39, 0.29) is 35.0 Å². The molecule has 0 heterocycles. The number of Topliss-reactive ketones (excluding diaryl/α,β-unsaturated/α-hetero) is 4. The first kappa shape index (κ1) is 24.2. The Morgan fingerprint density at radius 3 is 1.29 bits per heavy atom. The summed E-state index contributed by atoms with van der Waals surface area (Å²) in [5, 5.41) is 20.9. The zero-order valence-electron chi connectivity index (χ0n) is 19.0. The highest BCUT2D eigenvalue weighted by Gasteiger charge is 2.48. The van der Waals surface area contributed by atoms with Crippen LogP contribution in [0.1, 0.15) is 97.3 Å². The minimum absolute atomic E-state index is 0.0272. The van der Waals surface area contributed by atoms with Crippen LogP contribution in [0.3, 0.4) is 0 Å². The van der Waals surface area contributed by atoms with Gasteiger partial charge in [0.25, 0.3) is 0 Å². The van der Waals surface area contributed by atoms with Crippen molar-refractivity contribution in [3.63, 3.8) is 0 Å². The largest absolute Gasteiger partial charge is 0.389 e. The minimum atomic E-state index is -0.815. The molecule has 31 heavy (non-hydrogen) atoms. The normalized spacial score (nSPS) is 35.5. The van der Waals surface area contributed by atoms with Gasteiger partial charge in [-0.3, -0.25) is 19.2 Å². The van der Waals surface area contributed by atoms with Gasteiger partial charge in [0, 0.05) is 24.7 Å². The molecular weight excluding hydrogens is 396 g/mol. The van der Waals surface area contributed by atoms with Gasteiger partial charge in [-0.15, -0.1) is 0 Å². The summed E-state index contributed by atoms with van der Waals surface area (Å²) in [4.78, 5) is 46.8. The fourth-order valence-corrected chi connectivity index (χ4v) is 6.13. The molecule has 0 saturated heterocycles. The van der Waals surface area contributed by atoms with Gasteiger partial charge in [0.2, 0.25) is 0 Å². The van der Waals surface area contributed by atoms with Gasteiger partial charge in [-0.2, -0.15) is 0 Å². The molecule has 6 nitrogen and oxygen atoms in total. The molecule has 4 atom stereocenters. The van der Waals surface area contributed by atoms with Crippen molar-refractivity contribution in [3.05, 3.63) is 0 Å². The molecule has 0 radical (unpaired) electrons. The lowest BCUT2D eigenvalue weighted by Gasteiger charge is -2.41. The zero-order valence-corrected chi connectivity index (χ0v) is 19.0. The van der Waals surface area contributed by atoms with E-state index < -0.39 is 23.0 Å². The number of carbonyl (C=O) groups is 4. The molecule has 4 rings (SSSR count). The van der Waals surface area contributed by atoms with Crippen LogP contribution in [0.25, 0.3) is 0 Å². The van der Waals surface area contributed by atoms with Gasteiger partial charge < -0.3 is 10.2 Å². The lowest BCUT2D eigenvalue weighted by atomic mass is 9.67. The van der Waals surface area contributed by atoms with Gasteiger partial charge in [-0.05, 0) is 52.4 Å². The molecule has 0 bridgehead atoms. The number of carbonyl (C=O) groups excluding carboxylic acids is 4.